The first-order valence-corrected chi connectivity index (χ1v) is 17.4. The van der Waals surface area contributed by atoms with Crippen LogP contribution in [-0.2, 0) is 0 Å². The van der Waals surface area contributed by atoms with Gasteiger partial charge in [0, 0.05) is 40.2 Å². The van der Waals surface area contributed by atoms with Gasteiger partial charge in [0.05, 0.1) is 33.8 Å². The molecular weight excluding hydrogens is 635 g/mol. The Morgan fingerprint density at radius 3 is 1.75 bits per heavy atom. The quantitative estimate of drug-likeness (QED) is 0.159. The molecule has 5 heteroatoms. The predicted molar refractivity (Wildman–Crippen MR) is 217 cm³/mol. The summed E-state index contributed by atoms with van der Waals surface area (Å²) in [5.74, 6) is 0.698. The fourth-order valence-electron chi connectivity index (χ4n) is 7.01. The molecule has 9 rings (SSSR count). The van der Waals surface area contributed by atoms with E-state index in [1.165, 1.54) is 5.56 Å². The van der Waals surface area contributed by atoms with Gasteiger partial charge in [-0.05, 0) is 59.3 Å². The zero-order valence-corrected chi connectivity index (χ0v) is 28.4. The summed E-state index contributed by atoms with van der Waals surface area (Å²) in [6.07, 6.45) is 8.31. The zero-order valence-electron chi connectivity index (χ0n) is 28.4. The monoisotopic (exact) mass is 667 g/mol. The maximum absolute atomic E-state index is 5.22. The number of aliphatic imine (C=N–C) groups is 1. The van der Waals surface area contributed by atoms with E-state index in [1.54, 1.807) is 0 Å². The van der Waals surface area contributed by atoms with Crippen LogP contribution in [0.5, 0.6) is 0 Å². The number of allylic oxidation sites excluding steroid dienone is 2. The molecule has 0 atom stereocenters. The van der Waals surface area contributed by atoms with Gasteiger partial charge in [-0.25, -0.2) is 15.0 Å². The standard InChI is InChI=1S/C47H33N5/c1-48-45-40-21-7-8-22-41(40)49-44(46(45)52-28-10-3-11-29-52)38-19-13-17-36(31-38)35-16-12-18-37(30-35)43-39-20-6-9-23-42(39)50-47(51-43)34-26-24-33(25-27-34)32-14-4-2-5-15-32/h2-28,30-31H,1,29H2. The van der Waals surface area contributed by atoms with Crippen molar-refractivity contribution < 1.29 is 0 Å². The number of hydrogen-bond donors (Lipinski definition) is 0. The lowest BCUT2D eigenvalue weighted by Gasteiger charge is -2.26. The summed E-state index contributed by atoms with van der Waals surface area (Å²) >= 11 is 0. The maximum atomic E-state index is 5.22. The Bertz CT molecular complexity index is 2680. The van der Waals surface area contributed by atoms with Gasteiger partial charge in [0.15, 0.2) is 5.82 Å². The predicted octanol–water partition coefficient (Wildman–Crippen LogP) is 11.7. The van der Waals surface area contributed by atoms with E-state index in [2.05, 4.69) is 150 Å². The third kappa shape index (κ3) is 5.74. The lowest BCUT2D eigenvalue weighted by molar-refractivity contribution is 1.07. The van der Waals surface area contributed by atoms with Crippen LogP contribution in [0.4, 0.5) is 11.4 Å². The fourth-order valence-corrected chi connectivity index (χ4v) is 7.01. The normalized spacial score (nSPS) is 12.4. The maximum Gasteiger partial charge on any atom is 0.160 e. The van der Waals surface area contributed by atoms with E-state index < -0.39 is 0 Å². The van der Waals surface area contributed by atoms with E-state index in [0.29, 0.717) is 5.82 Å². The zero-order chi connectivity index (χ0) is 34.9. The van der Waals surface area contributed by atoms with Crippen molar-refractivity contribution in [3.8, 4) is 56.2 Å². The van der Waals surface area contributed by atoms with Crippen LogP contribution in [0.2, 0.25) is 0 Å². The first-order valence-electron chi connectivity index (χ1n) is 17.4. The molecule has 52 heavy (non-hydrogen) atoms. The number of benzene rings is 6. The van der Waals surface area contributed by atoms with Crippen LogP contribution < -0.4 is 4.90 Å². The van der Waals surface area contributed by atoms with Crippen molar-refractivity contribution in [2.75, 3.05) is 11.4 Å². The van der Waals surface area contributed by atoms with Crippen molar-refractivity contribution in [1.29, 1.82) is 0 Å². The third-order valence-corrected chi connectivity index (χ3v) is 9.56. The minimum atomic E-state index is 0.698. The summed E-state index contributed by atoms with van der Waals surface area (Å²) in [5.41, 5.74) is 12.8. The molecule has 0 bridgehead atoms. The summed E-state index contributed by atoms with van der Waals surface area (Å²) in [7, 11) is 0. The number of fused-ring (bicyclic) bond motifs is 2. The van der Waals surface area contributed by atoms with Crippen molar-refractivity contribution in [3.63, 3.8) is 0 Å². The smallest absolute Gasteiger partial charge is 0.160 e. The van der Waals surface area contributed by atoms with Crippen LogP contribution in [0.15, 0.2) is 181 Å². The molecule has 0 radical (unpaired) electrons. The van der Waals surface area contributed by atoms with Gasteiger partial charge < -0.3 is 4.90 Å². The minimum absolute atomic E-state index is 0.698. The summed E-state index contributed by atoms with van der Waals surface area (Å²) in [5, 5.41) is 1.99. The largest absolute Gasteiger partial charge is 0.341 e. The molecule has 5 nitrogen and oxygen atoms in total. The van der Waals surface area contributed by atoms with Gasteiger partial charge in [-0.3, -0.25) is 4.99 Å². The number of rotatable bonds is 7. The highest BCUT2D eigenvalue weighted by atomic mass is 15.1. The Morgan fingerprint density at radius 1 is 0.481 bits per heavy atom. The number of aromatic nitrogens is 3. The molecule has 0 saturated carbocycles. The SMILES string of the molecule is C=Nc1c(N2C=CC=CC2)c(-c2cccc(-c3cccc(-c4nc(-c5ccc(-c6ccccc6)cc5)nc5ccccc45)c3)c2)nc2ccccc12. The minimum Gasteiger partial charge on any atom is -0.341 e. The van der Waals surface area contributed by atoms with Gasteiger partial charge >= 0.3 is 0 Å². The van der Waals surface area contributed by atoms with Crippen molar-refractivity contribution in [2.24, 2.45) is 4.99 Å². The summed E-state index contributed by atoms with van der Waals surface area (Å²) in [4.78, 5) is 22.2. The first-order chi connectivity index (χ1) is 25.7. The third-order valence-electron chi connectivity index (χ3n) is 9.56. The molecule has 1 aliphatic heterocycles. The molecule has 0 amide bonds. The number of para-hydroxylation sites is 2. The highest BCUT2D eigenvalue weighted by molar-refractivity contribution is 6.03. The lowest BCUT2D eigenvalue weighted by atomic mass is 9.96. The Kier molecular flexibility index (Phi) is 7.99. The molecule has 246 valence electrons. The molecule has 8 aromatic rings. The van der Waals surface area contributed by atoms with Crippen LogP contribution in [0.25, 0.3) is 78.0 Å². The molecule has 0 saturated heterocycles. The van der Waals surface area contributed by atoms with Crippen LogP contribution in [0.1, 0.15) is 0 Å². The number of nitrogens with zero attached hydrogens (tertiary/aromatic N) is 5. The van der Waals surface area contributed by atoms with Gasteiger partial charge in [-0.1, -0.05) is 140 Å². The number of hydrogen-bond acceptors (Lipinski definition) is 5. The summed E-state index contributed by atoms with van der Waals surface area (Å²) < 4.78 is 0. The van der Waals surface area contributed by atoms with E-state index >= 15 is 0 Å². The Hall–Kier alpha value is -6.98. The highest BCUT2D eigenvalue weighted by Gasteiger charge is 2.21. The molecule has 1 aliphatic rings. The van der Waals surface area contributed by atoms with Crippen molar-refractivity contribution >= 4 is 39.9 Å². The second-order valence-corrected chi connectivity index (χ2v) is 12.8. The van der Waals surface area contributed by atoms with E-state index in [1.807, 2.05) is 42.5 Å². The van der Waals surface area contributed by atoms with Gasteiger partial charge in [0.2, 0.25) is 0 Å². The molecule has 0 N–H and O–H groups in total. The molecule has 0 aliphatic carbocycles. The Labute approximate surface area is 302 Å². The van der Waals surface area contributed by atoms with E-state index in [4.69, 9.17) is 15.0 Å². The average Bonchev–Trinajstić information content (AvgIpc) is 3.23. The second-order valence-electron chi connectivity index (χ2n) is 12.8. The van der Waals surface area contributed by atoms with Crippen LogP contribution >= 0.6 is 0 Å². The van der Waals surface area contributed by atoms with Crippen LogP contribution in [0, 0.1) is 0 Å². The highest BCUT2D eigenvalue weighted by Crippen LogP contribution is 2.44. The van der Waals surface area contributed by atoms with Crippen molar-refractivity contribution in [2.45, 2.75) is 0 Å². The van der Waals surface area contributed by atoms with Crippen LogP contribution in [-0.4, -0.2) is 28.2 Å². The molecule has 3 heterocycles. The van der Waals surface area contributed by atoms with Crippen molar-refractivity contribution in [3.05, 3.63) is 176 Å². The molecule has 0 unspecified atom stereocenters. The number of pyridine rings is 1. The van der Waals surface area contributed by atoms with E-state index in [0.717, 1.165) is 84.5 Å². The molecule has 0 fully saturated rings. The van der Waals surface area contributed by atoms with Gasteiger partial charge in [-0.2, -0.15) is 0 Å². The van der Waals surface area contributed by atoms with Gasteiger partial charge in [0.25, 0.3) is 0 Å². The lowest BCUT2D eigenvalue weighted by Crippen LogP contribution is -2.19. The summed E-state index contributed by atoms with van der Waals surface area (Å²) in [6.45, 7) is 4.70. The topological polar surface area (TPSA) is 54.3 Å². The summed E-state index contributed by atoms with van der Waals surface area (Å²) in [6, 6.07) is 52.5. The van der Waals surface area contributed by atoms with Gasteiger partial charge in [-0.15, -0.1) is 0 Å². The Balaban J connectivity index is 1.14. The van der Waals surface area contributed by atoms with Crippen LogP contribution in [0.3, 0.4) is 0 Å². The Morgan fingerprint density at radius 2 is 1.06 bits per heavy atom. The molecule has 2 aromatic heterocycles. The fraction of sp³-hybridized carbons (Fsp3) is 0.0213. The second kappa shape index (κ2) is 13.4. The van der Waals surface area contributed by atoms with Gasteiger partial charge in [0.1, 0.15) is 0 Å². The van der Waals surface area contributed by atoms with E-state index in [9.17, 15) is 0 Å². The van der Waals surface area contributed by atoms with E-state index in [-0.39, 0.29) is 0 Å². The molecule has 6 aromatic carbocycles. The molecule has 0 spiro atoms. The number of anilines is 1. The van der Waals surface area contributed by atoms with Crippen molar-refractivity contribution in [1.82, 2.24) is 15.0 Å². The molecular formula is C47H33N5. The average molecular weight is 668 g/mol. The first kappa shape index (κ1) is 31.0.